The summed E-state index contributed by atoms with van der Waals surface area (Å²) in [5.41, 5.74) is 4.81. The molecule has 0 aromatic carbocycles. The van der Waals surface area contributed by atoms with Crippen LogP contribution in [0.2, 0.25) is 0 Å². The fourth-order valence-corrected chi connectivity index (χ4v) is 0.502. The van der Waals surface area contributed by atoms with Gasteiger partial charge >= 0.3 is 0 Å². The van der Waals surface area contributed by atoms with E-state index in [0.717, 1.165) is 0 Å². The Morgan fingerprint density at radius 1 is 1.36 bits per heavy atom. The maximum atomic E-state index is 8.88. The number of aliphatic hydroxyl groups excluding tert-OH is 4. The minimum Gasteiger partial charge on any atom is -0.394 e. The fraction of sp³-hybridized carbons (Fsp3) is 0.800. The van der Waals surface area contributed by atoms with Crippen LogP contribution < -0.4 is 5.73 Å². The molecule has 66 valence electrons. The summed E-state index contributed by atoms with van der Waals surface area (Å²) in [5.74, 6) is -0.648. The number of amidine groups is 1. The summed E-state index contributed by atoms with van der Waals surface area (Å²) in [7, 11) is 0. The Morgan fingerprint density at radius 2 is 1.82 bits per heavy atom. The number of rotatable bonds is 4. The Bertz CT molecular complexity index is 140. The summed E-state index contributed by atoms with van der Waals surface area (Å²) in [6.07, 6.45) is -4.72. The molecule has 11 heavy (non-hydrogen) atoms. The average Bonchev–Trinajstić information content (AvgIpc) is 2.00. The van der Waals surface area contributed by atoms with Gasteiger partial charge in [-0.3, -0.25) is 5.41 Å². The van der Waals surface area contributed by atoms with E-state index >= 15 is 0 Å². The third kappa shape index (κ3) is 2.81. The SMILES string of the molecule is N=C(N)[C@@H](O)[C@H](O)[C@H](O)CO. The minimum atomic E-state index is -1.63. The predicted octanol–water partition coefficient (Wildman–Crippen LogP) is -3.00. The van der Waals surface area contributed by atoms with E-state index in [4.69, 9.17) is 31.6 Å². The number of nitrogens with two attached hydrogens (primary N) is 1. The molecule has 6 nitrogen and oxygen atoms in total. The van der Waals surface area contributed by atoms with E-state index in [1.807, 2.05) is 0 Å². The molecule has 0 spiro atoms. The Labute approximate surface area is 63.4 Å². The number of hydrogen-bond donors (Lipinski definition) is 6. The first-order valence-electron chi connectivity index (χ1n) is 2.99. The summed E-state index contributed by atoms with van der Waals surface area (Å²) in [5, 5.41) is 41.4. The van der Waals surface area contributed by atoms with Gasteiger partial charge in [-0.2, -0.15) is 0 Å². The van der Waals surface area contributed by atoms with Gasteiger partial charge in [-0.25, -0.2) is 0 Å². The molecule has 0 aliphatic rings. The Balaban J connectivity index is 4.00. The molecule has 0 rings (SSSR count). The summed E-state index contributed by atoms with van der Waals surface area (Å²) in [6, 6.07) is 0. The second-order valence-corrected chi connectivity index (χ2v) is 2.14. The van der Waals surface area contributed by atoms with Crippen LogP contribution in [0.3, 0.4) is 0 Å². The largest absolute Gasteiger partial charge is 0.394 e. The highest BCUT2D eigenvalue weighted by atomic mass is 16.4. The minimum absolute atomic E-state index is 0.648. The average molecular weight is 164 g/mol. The van der Waals surface area contributed by atoms with E-state index in [2.05, 4.69) is 0 Å². The number of hydrogen-bond acceptors (Lipinski definition) is 5. The van der Waals surface area contributed by atoms with Crippen molar-refractivity contribution in [1.29, 1.82) is 5.41 Å². The van der Waals surface area contributed by atoms with Crippen LogP contribution in [-0.2, 0) is 0 Å². The molecule has 0 unspecified atom stereocenters. The van der Waals surface area contributed by atoms with Crippen LogP contribution >= 0.6 is 0 Å². The van der Waals surface area contributed by atoms with Crippen LogP contribution in [-0.4, -0.2) is 51.2 Å². The van der Waals surface area contributed by atoms with Crippen molar-refractivity contribution in [2.24, 2.45) is 5.73 Å². The molecule has 0 amide bonds. The van der Waals surface area contributed by atoms with E-state index in [9.17, 15) is 0 Å². The molecular weight excluding hydrogens is 152 g/mol. The Kier molecular flexibility index (Phi) is 3.98. The van der Waals surface area contributed by atoms with Gasteiger partial charge in [-0.1, -0.05) is 0 Å². The molecule has 3 atom stereocenters. The molecule has 0 saturated heterocycles. The van der Waals surface area contributed by atoms with Crippen LogP contribution in [0.15, 0.2) is 0 Å². The Morgan fingerprint density at radius 3 is 2.09 bits per heavy atom. The van der Waals surface area contributed by atoms with Gasteiger partial charge in [0.2, 0.25) is 0 Å². The second kappa shape index (κ2) is 4.24. The van der Waals surface area contributed by atoms with Gasteiger partial charge < -0.3 is 26.2 Å². The first kappa shape index (κ1) is 10.3. The van der Waals surface area contributed by atoms with Crippen LogP contribution in [0.25, 0.3) is 0 Å². The summed E-state index contributed by atoms with van der Waals surface area (Å²) >= 11 is 0. The van der Waals surface area contributed by atoms with E-state index in [0.29, 0.717) is 0 Å². The lowest BCUT2D eigenvalue weighted by molar-refractivity contribution is -0.0559. The van der Waals surface area contributed by atoms with Crippen molar-refractivity contribution >= 4 is 5.84 Å². The summed E-state index contributed by atoms with van der Waals surface area (Å²) in [6.45, 7) is -0.689. The smallest absolute Gasteiger partial charge is 0.139 e. The predicted molar refractivity (Wildman–Crippen MR) is 37.0 cm³/mol. The van der Waals surface area contributed by atoms with Gasteiger partial charge in [0.15, 0.2) is 0 Å². The third-order valence-electron chi connectivity index (χ3n) is 1.22. The molecule has 6 heteroatoms. The van der Waals surface area contributed by atoms with Crippen LogP contribution in [0.5, 0.6) is 0 Å². The molecule has 0 aromatic heterocycles. The summed E-state index contributed by atoms with van der Waals surface area (Å²) < 4.78 is 0. The van der Waals surface area contributed by atoms with E-state index in [1.54, 1.807) is 0 Å². The van der Waals surface area contributed by atoms with Crippen molar-refractivity contribution in [3.8, 4) is 0 Å². The number of nitrogens with one attached hydrogen (secondary N) is 1. The lowest BCUT2D eigenvalue weighted by Gasteiger charge is -2.19. The second-order valence-electron chi connectivity index (χ2n) is 2.14. The monoisotopic (exact) mass is 164 g/mol. The van der Waals surface area contributed by atoms with E-state index in [1.165, 1.54) is 0 Å². The fourth-order valence-electron chi connectivity index (χ4n) is 0.502. The number of aliphatic hydroxyl groups is 4. The van der Waals surface area contributed by atoms with Gasteiger partial charge in [-0.05, 0) is 0 Å². The molecule has 0 aliphatic carbocycles. The van der Waals surface area contributed by atoms with Gasteiger partial charge in [0, 0.05) is 0 Å². The highest BCUT2D eigenvalue weighted by molar-refractivity contribution is 5.82. The van der Waals surface area contributed by atoms with Crippen molar-refractivity contribution in [3.63, 3.8) is 0 Å². The first-order chi connectivity index (χ1) is 5.00. The highest BCUT2D eigenvalue weighted by Crippen LogP contribution is 1.98. The summed E-state index contributed by atoms with van der Waals surface area (Å²) in [4.78, 5) is 0. The lowest BCUT2D eigenvalue weighted by atomic mass is 10.1. The quantitative estimate of drug-likeness (QED) is 0.195. The molecule has 0 saturated carbocycles. The van der Waals surface area contributed by atoms with Crippen molar-refractivity contribution in [2.45, 2.75) is 18.3 Å². The molecule has 0 aliphatic heterocycles. The normalized spacial score (nSPS) is 18.9. The molecule has 0 aromatic rings. The highest BCUT2D eigenvalue weighted by Gasteiger charge is 2.25. The van der Waals surface area contributed by atoms with Crippen LogP contribution in [0.1, 0.15) is 0 Å². The zero-order valence-corrected chi connectivity index (χ0v) is 5.81. The van der Waals surface area contributed by atoms with Crippen LogP contribution in [0, 0.1) is 5.41 Å². The molecule has 7 N–H and O–H groups in total. The van der Waals surface area contributed by atoms with E-state index in [-0.39, 0.29) is 0 Å². The van der Waals surface area contributed by atoms with Crippen molar-refractivity contribution in [2.75, 3.05) is 6.61 Å². The van der Waals surface area contributed by atoms with E-state index < -0.39 is 30.8 Å². The molecule has 0 fully saturated rings. The maximum absolute atomic E-state index is 8.88. The molecule has 0 heterocycles. The third-order valence-corrected chi connectivity index (χ3v) is 1.22. The standard InChI is InChI=1S/C5H12N2O4/c6-5(7)4(11)3(10)2(9)1-8/h2-4,8-11H,1H2,(H3,6,7)/t2-,3-,4+/m1/s1. The van der Waals surface area contributed by atoms with Crippen molar-refractivity contribution in [1.82, 2.24) is 0 Å². The Hall–Kier alpha value is -0.690. The van der Waals surface area contributed by atoms with Gasteiger partial charge in [0.05, 0.1) is 6.61 Å². The first-order valence-corrected chi connectivity index (χ1v) is 2.99. The van der Waals surface area contributed by atoms with Gasteiger partial charge in [-0.15, -0.1) is 0 Å². The zero-order chi connectivity index (χ0) is 9.02. The van der Waals surface area contributed by atoms with Gasteiger partial charge in [0.25, 0.3) is 0 Å². The maximum Gasteiger partial charge on any atom is 0.139 e. The zero-order valence-electron chi connectivity index (χ0n) is 5.81. The molecular formula is C5H12N2O4. The molecule has 0 radical (unpaired) electrons. The molecule has 0 bridgehead atoms. The van der Waals surface area contributed by atoms with Crippen LogP contribution in [0.4, 0.5) is 0 Å². The van der Waals surface area contributed by atoms with Crippen molar-refractivity contribution < 1.29 is 20.4 Å². The topological polar surface area (TPSA) is 131 Å². The lowest BCUT2D eigenvalue weighted by Crippen LogP contribution is -2.46. The van der Waals surface area contributed by atoms with Gasteiger partial charge in [0.1, 0.15) is 24.1 Å². The van der Waals surface area contributed by atoms with Crippen molar-refractivity contribution in [3.05, 3.63) is 0 Å².